The highest BCUT2D eigenvalue weighted by Crippen LogP contribution is 2.42. The Hall–Kier alpha value is -0.420. The second-order valence-electron chi connectivity index (χ2n) is 4.35. The molecule has 0 aliphatic heterocycles. The predicted molar refractivity (Wildman–Crippen MR) is 55.8 cm³/mol. The molecule has 0 aromatic carbocycles. The van der Waals surface area contributed by atoms with Gasteiger partial charge >= 0.3 is 13.6 Å². The van der Waals surface area contributed by atoms with Gasteiger partial charge in [0.1, 0.15) is 13.2 Å². The molecule has 0 aliphatic carbocycles. The lowest BCUT2D eigenvalue weighted by atomic mass is 10.5. The van der Waals surface area contributed by atoms with Crippen LogP contribution < -0.4 is 0 Å². The summed E-state index contributed by atoms with van der Waals surface area (Å²) in [5.74, 6) is -1.10. The minimum absolute atomic E-state index is 0.150. The third-order valence-corrected chi connectivity index (χ3v) is 3.04. The molecule has 0 amide bonds. The van der Waals surface area contributed by atoms with E-state index in [2.05, 4.69) is 0 Å². The van der Waals surface area contributed by atoms with Crippen molar-refractivity contribution in [2.24, 2.45) is 0 Å². The second-order valence-corrected chi connectivity index (χ2v) is 6.33. The maximum Gasteiger partial charge on any atom is 0.328 e. The minimum atomic E-state index is -3.72. The molecular formula is C8H19NO5P+. The summed E-state index contributed by atoms with van der Waals surface area (Å²) in [6, 6.07) is 0. The van der Waals surface area contributed by atoms with E-state index < -0.39 is 13.6 Å². The van der Waals surface area contributed by atoms with Crippen molar-refractivity contribution in [2.45, 2.75) is 6.42 Å². The Morgan fingerprint density at radius 3 is 2.33 bits per heavy atom. The number of carboxylic acids is 1. The Morgan fingerprint density at radius 1 is 1.40 bits per heavy atom. The van der Waals surface area contributed by atoms with Crippen molar-refractivity contribution in [3.05, 3.63) is 0 Å². The topological polar surface area (TPSA) is 83.8 Å². The van der Waals surface area contributed by atoms with Crippen molar-refractivity contribution in [1.29, 1.82) is 0 Å². The molecule has 7 heteroatoms. The Labute approximate surface area is 89.6 Å². The lowest BCUT2D eigenvalue weighted by Gasteiger charge is -2.24. The van der Waals surface area contributed by atoms with Crippen LogP contribution in [-0.4, -0.2) is 60.9 Å². The normalized spacial score (nSPS) is 16.0. The van der Waals surface area contributed by atoms with Crippen LogP contribution in [0.1, 0.15) is 6.42 Å². The van der Waals surface area contributed by atoms with Crippen LogP contribution in [-0.2, 0) is 13.9 Å². The smallest absolute Gasteiger partial charge is 0.328 e. The van der Waals surface area contributed by atoms with Gasteiger partial charge < -0.3 is 19.0 Å². The van der Waals surface area contributed by atoms with Gasteiger partial charge in [-0.2, -0.15) is 0 Å². The molecule has 0 bridgehead atoms. The summed E-state index contributed by atoms with van der Waals surface area (Å²) < 4.78 is 16.7. The van der Waals surface area contributed by atoms with E-state index in [0.29, 0.717) is 11.0 Å². The Morgan fingerprint density at radius 2 is 1.93 bits per heavy atom. The van der Waals surface area contributed by atoms with Crippen molar-refractivity contribution in [3.63, 3.8) is 0 Å². The van der Waals surface area contributed by atoms with Gasteiger partial charge in [0.05, 0.1) is 33.7 Å². The van der Waals surface area contributed by atoms with Gasteiger partial charge in [-0.3, -0.25) is 9.36 Å². The highest BCUT2D eigenvalue weighted by molar-refractivity contribution is 7.52. The van der Waals surface area contributed by atoms with Gasteiger partial charge in [-0.05, 0) is 0 Å². The maximum atomic E-state index is 11.3. The molecule has 0 fully saturated rings. The summed E-state index contributed by atoms with van der Waals surface area (Å²) in [6.45, 7) is 0.745. The number of hydrogen-bond donors (Lipinski definition) is 2. The van der Waals surface area contributed by atoms with Gasteiger partial charge in [0, 0.05) is 0 Å². The van der Waals surface area contributed by atoms with Crippen LogP contribution in [0.5, 0.6) is 0 Å². The zero-order valence-electron chi connectivity index (χ0n) is 9.34. The van der Waals surface area contributed by atoms with E-state index in [9.17, 15) is 14.3 Å². The van der Waals surface area contributed by atoms with E-state index in [0.717, 1.165) is 0 Å². The predicted octanol–water partition coefficient (Wildman–Crippen LogP) is 0.369. The number of rotatable bonds is 7. The molecule has 0 heterocycles. The van der Waals surface area contributed by atoms with Gasteiger partial charge in [-0.1, -0.05) is 0 Å². The summed E-state index contributed by atoms with van der Waals surface area (Å²) in [4.78, 5) is 19.4. The first-order chi connectivity index (χ1) is 6.62. The first-order valence-electron chi connectivity index (χ1n) is 4.61. The van der Waals surface area contributed by atoms with Crippen LogP contribution >= 0.6 is 7.60 Å². The van der Waals surface area contributed by atoms with E-state index in [-0.39, 0.29) is 19.2 Å². The fourth-order valence-corrected chi connectivity index (χ4v) is 1.73. The summed E-state index contributed by atoms with van der Waals surface area (Å²) in [5.41, 5.74) is 0. The third-order valence-electron chi connectivity index (χ3n) is 1.66. The van der Waals surface area contributed by atoms with Gasteiger partial charge in [0.2, 0.25) is 0 Å². The average molecular weight is 240 g/mol. The van der Waals surface area contributed by atoms with Crippen LogP contribution in [0.3, 0.4) is 0 Å². The van der Waals surface area contributed by atoms with E-state index in [4.69, 9.17) is 9.63 Å². The number of quaternary nitrogens is 1. The lowest BCUT2D eigenvalue weighted by Crippen LogP contribution is -2.37. The summed E-state index contributed by atoms with van der Waals surface area (Å²) in [5, 5.41) is 8.34. The Bertz CT molecular complexity index is 260. The molecule has 0 saturated carbocycles. The van der Waals surface area contributed by atoms with Crippen molar-refractivity contribution in [2.75, 3.05) is 40.5 Å². The number of carboxylic acid groups (broad SMARTS) is 1. The highest BCUT2D eigenvalue weighted by atomic mass is 31.2. The highest BCUT2D eigenvalue weighted by Gasteiger charge is 2.21. The number of carbonyl (C=O) groups is 1. The molecular weight excluding hydrogens is 221 g/mol. The van der Waals surface area contributed by atoms with Crippen molar-refractivity contribution in [3.8, 4) is 0 Å². The van der Waals surface area contributed by atoms with Gasteiger partial charge in [-0.15, -0.1) is 0 Å². The largest absolute Gasteiger partial charge is 0.481 e. The summed E-state index contributed by atoms with van der Waals surface area (Å²) in [6.07, 6.45) is -0.683. The van der Waals surface area contributed by atoms with E-state index >= 15 is 0 Å². The van der Waals surface area contributed by atoms with E-state index in [1.165, 1.54) is 0 Å². The molecule has 15 heavy (non-hydrogen) atoms. The molecule has 1 atom stereocenters. The summed E-state index contributed by atoms with van der Waals surface area (Å²) >= 11 is 0. The van der Waals surface area contributed by atoms with Crippen molar-refractivity contribution < 1.29 is 28.4 Å². The van der Waals surface area contributed by atoms with Crippen LogP contribution in [0.2, 0.25) is 0 Å². The fourth-order valence-electron chi connectivity index (χ4n) is 0.759. The van der Waals surface area contributed by atoms with Crippen molar-refractivity contribution >= 4 is 13.6 Å². The van der Waals surface area contributed by atoms with Crippen LogP contribution in [0, 0.1) is 0 Å². The molecule has 0 saturated heterocycles. The number of likely N-dealkylation sites (N-methyl/N-ethyl adjacent to an activating group) is 1. The molecule has 0 rings (SSSR count). The number of aliphatic carboxylic acids is 1. The fraction of sp³-hybridized carbons (Fsp3) is 0.875. The Kier molecular flexibility index (Phi) is 5.45. The minimum Gasteiger partial charge on any atom is -0.481 e. The first kappa shape index (κ1) is 14.6. The lowest BCUT2D eigenvalue weighted by molar-refractivity contribution is -0.870. The zero-order chi connectivity index (χ0) is 12.1. The van der Waals surface area contributed by atoms with Gasteiger partial charge in [0.25, 0.3) is 0 Å². The van der Waals surface area contributed by atoms with Crippen LogP contribution in [0.4, 0.5) is 0 Å². The monoisotopic (exact) mass is 240 g/mol. The maximum absolute atomic E-state index is 11.3. The van der Waals surface area contributed by atoms with E-state index in [1.807, 2.05) is 21.1 Å². The number of hydrogen-bond acceptors (Lipinski definition) is 3. The molecule has 6 nitrogen and oxygen atoms in total. The van der Waals surface area contributed by atoms with Gasteiger partial charge in [0.15, 0.2) is 0 Å². The third kappa shape index (κ3) is 9.87. The molecule has 0 spiro atoms. The molecule has 90 valence electrons. The van der Waals surface area contributed by atoms with Crippen LogP contribution in [0.15, 0.2) is 0 Å². The SMILES string of the molecule is C[N+](C)(C)CCOP(=O)(O)CCC(=O)O. The molecule has 1 unspecified atom stereocenters. The van der Waals surface area contributed by atoms with E-state index in [1.54, 1.807) is 0 Å². The average Bonchev–Trinajstić information content (AvgIpc) is 1.98. The first-order valence-corrected chi connectivity index (χ1v) is 6.37. The zero-order valence-corrected chi connectivity index (χ0v) is 10.2. The molecule has 0 aromatic rings. The number of nitrogens with zero attached hydrogens (tertiary/aromatic N) is 1. The summed E-state index contributed by atoms with van der Waals surface area (Å²) in [7, 11) is 2.08. The standard InChI is InChI=1S/C8H18NO5P/c1-9(2,3)5-6-14-15(12,13)7-4-8(10)11/h4-7H2,1-3H3,(H-,10,11,12,13)/p+1. The quantitative estimate of drug-likeness (QED) is 0.496. The van der Waals surface area contributed by atoms with Gasteiger partial charge in [-0.25, -0.2) is 0 Å². The van der Waals surface area contributed by atoms with Crippen molar-refractivity contribution in [1.82, 2.24) is 0 Å². The molecule has 0 radical (unpaired) electrons. The molecule has 0 aliphatic rings. The Balaban J connectivity index is 3.84. The van der Waals surface area contributed by atoms with Crippen LogP contribution in [0.25, 0.3) is 0 Å². The second kappa shape index (κ2) is 5.61. The molecule has 0 aromatic heterocycles. The molecule has 2 N–H and O–H groups in total.